The fraction of sp³-hybridized carbons (Fsp3) is 0.326. The number of morpholine rings is 2. The SMILES string of the molecule is CCC1(CC)c2cc(C#N)ccc2-c2c1c1c(c3cc(OC)c(N4CCOCC4)cc23)OC(c2ccccc2)(c2ccc(N3CCOCC3)cc2)C=C1. The molecule has 0 spiro atoms. The summed E-state index contributed by atoms with van der Waals surface area (Å²) in [5.74, 6) is 1.67. The van der Waals surface area contributed by atoms with Gasteiger partial charge in [-0.3, -0.25) is 0 Å². The quantitative estimate of drug-likeness (QED) is 0.168. The first-order chi connectivity index (χ1) is 26.0. The molecule has 0 bridgehead atoms. The number of hydrogen-bond donors (Lipinski definition) is 0. The second-order valence-corrected chi connectivity index (χ2v) is 14.5. The van der Waals surface area contributed by atoms with Gasteiger partial charge in [0, 0.05) is 59.4 Å². The fourth-order valence-electron chi connectivity index (χ4n) is 9.40. The lowest BCUT2D eigenvalue weighted by molar-refractivity contribution is 0.122. The highest BCUT2D eigenvalue weighted by molar-refractivity contribution is 6.10. The van der Waals surface area contributed by atoms with E-state index in [4.69, 9.17) is 18.9 Å². The highest BCUT2D eigenvalue weighted by Gasteiger charge is 2.47. The number of fused-ring (bicyclic) bond motifs is 8. The van der Waals surface area contributed by atoms with Crippen LogP contribution in [-0.4, -0.2) is 59.7 Å². The predicted octanol–water partition coefficient (Wildman–Crippen LogP) is 8.83. The van der Waals surface area contributed by atoms with Crippen LogP contribution in [0.4, 0.5) is 11.4 Å². The van der Waals surface area contributed by atoms with Gasteiger partial charge in [0.2, 0.25) is 0 Å². The van der Waals surface area contributed by atoms with Crippen LogP contribution < -0.4 is 19.3 Å². The second kappa shape index (κ2) is 13.3. The molecule has 5 aromatic rings. The van der Waals surface area contributed by atoms with E-state index in [-0.39, 0.29) is 5.41 Å². The lowest BCUT2D eigenvalue weighted by Gasteiger charge is -2.40. The number of nitriles is 1. The summed E-state index contributed by atoms with van der Waals surface area (Å²) in [6.45, 7) is 10.7. The summed E-state index contributed by atoms with van der Waals surface area (Å²) in [4.78, 5) is 4.76. The van der Waals surface area contributed by atoms with Gasteiger partial charge in [-0.2, -0.15) is 5.26 Å². The summed E-state index contributed by atoms with van der Waals surface area (Å²) in [6.07, 6.45) is 6.37. The topological polar surface area (TPSA) is 67.2 Å². The number of ether oxygens (including phenoxy) is 4. The Kier molecular flexibility index (Phi) is 8.41. The van der Waals surface area contributed by atoms with Gasteiger partial charge in [0.1, 0.15) is 11.5 Å². The number of rotatable bonds is 7. The van der Waals surface area contributed by atoms with Gasteiger partial charge >= 0.3 is 0 Å². The summed E-state index contributed by atoms with van der Waals surface area (Å²) in [7, 11) is 1.76. The Balaban J connectivity index is 1.32. The van der Waals surface area contributed by atoms with E-state index in [0.29, 0.717) is 18.8 Å². The van der Waals surface area contributed by atoms with E-state index in [1.54, 1.807) is 7.11 Å². The van der Waals surface area contributed by atoms with Crippen molar-refractivity contribution in [2.24, 2.45) is 0 Å². The molecule has 0 N–H and O–H groups in total. The Morgan fingerprint density at radius 1 is 0.774 bits per heavy atom. The lowest BCUT2D eigenvalue weighted by Crippen LogP contribution is -2.37. The molecule has 7 nitrogen and oxygen atoms in total. The maximum atomic E-state index is 10.0. The summed E-state index contributed by atoms with van der Waals surface area (Å²) in [5, 5.41) is 12.2. The number of anilines is 2. The normalized spacial score (nSPS) is 20.0. The van der Waals surface area contributed by atoms with E-state index in [2.05, 4.69) is 121 Å². The zero-order chi connectivity index (χ0) is 36.2. The van der Waals surface area contributed by atoms with E-state index < -0.39 is 5.60 Å². The van der Waals surface area contributed by atoms with Crippen molar-refractivity contribution in [3.8, 4) is 28.7 Å². The van der Waals surface area contributed by atoms with Gasteiger partial charge in [0.05, 0.1) is 50.9 Å². The Morgan fingerprint density at radius 2 is 1.45 bits per heavy atom. The van der Waals surface area contributed by atoms with Crippen molar-refractivity contribution in [3.63, 3.8) is 0 Å². The van der Waals surface area contributed by atoms with Crippen molar-refractivity contribution in [3.05, 3.63) is 124 Å². The summed E-state index contributed by atoms with van der Waals surface area (Å²) >= 11 is 0. The first kappa shape index (κ1) is 33.5. The molecule has 268 valence electrons. The molecule has 53 heavy (non-hydrogen) atoms. The Hall–Kier alpha value is -5.29. The van der Waals surface area contributed by atoms with E-state index in [0.717, 1.165) is 96.9 Å². The lowest BCUT2D eigenvalue weighted by atomic mass is 9.71. The van der Waals surface area contributed by atoms with Crippen LogP contribution in [0.3, 0.4) is 0 Å². The predicted molar refractivity (Wildman–Crippen MR) is 211 cm³/mol. The molecule has 9 rings (SSSR count). The van der Waals surface area contributed by atoms with Crippen molar-refractivity contribution >= 4 is 28.2 Å². The highest BCUT2D eigenvalue weighted by atomic mass is 16.5. The van der Waals surface area contributed by atoms with Crippen LogP contribution in [0, 0.1) is 11.3 Å². The van der Waals surface area contributed by atoms with E-state index in [1.165, 1.54) is 27.9 Å². The molecular formula is C46H45N3O4. The summed E-state index contributed by atoms with van der Waals surface area (Å²) in [6, 6.07) is 32.7. The molecule has 0 radical (unpaired) electrons. The Morgan fingerprint density at radius 3 is 2.11 bits per heavy atom. The molecule has 1 aliphatic carbocycles. The molecule has 4 aliphatic rings. The first-order valence-electron chi connectivity index (χ1n) is 19.0. The molecule has 5 aromatic carbocycles. The average Bonchev–Trinajstić information content (AvgIpc) is 3.54. The van der Waals surface area contributed by atoms with Crippen LogP contribution in [0.1, 0.15) is 60.1 Å². The highest BCUT2D eigenvalue weighted by Crippen LogP contribution is 2.61. The smallest absolute Gasteiger partial charge is 0.178 e. The van der Waals surface area contributed by atoms with Crippen molar-refractivity contribution < 1.29 is 18.9 Å². The molecule has 2 fully saturated rings. The minimum Gasteiger partial charge on any atom is -0.495 e. The van der Waals surface area contributed by atoms with Gasteiger partial charge in [0.15, 0.2) is 5.60 Å². The number of hydrogen-bond acceptors (Lipinski definition) is 7. The Bertz CT molecular complexity index is 2260. The minimum absolute atomic E-state index is 0.297. The minimum atomic E-state index is -0.879. The number of methoxy groups -OCH3 is 1. The van der Waals surface area contributed by atoms with Crippen LogP contribution in [0.25, 0.3) is 28.0 Å². The molecule has 0 saturated carbocycles. The fourth-order valence-corrected chi connectivity index (χ4v) is 9.40. The van der Waals surface area contributed by atoms with Gasteiger partial charge in [-0.1, -0.05) is 68.5 Å². The van der Waals surface area contributed by atoms with Gasteiger partial charge < -0.3 is 28.7 Å². The third-order valence-electron chi connectivity index (χ3n) is 12.2. The van der Waals surface area contributed by atoms with Crippen LogP contribution in [-0.2, 0) is 20.5 Å². The van der Waals surface area contributed by atoms with Crippen molar-refractivity contribution in [2.75, 3.05) is 69.5 Å². The molecule has 2 saturated heterocycles. The van der Waals surface area contributed by atoms with Gasteiger partial charge in [-0.05, 0) is 83.0 Å². The van der Waals surface area contributed by atoms with Crippen LogP contribution in [0.5, 0.6) is 11.5 Å². The monoisotopic (exact) mass is 703 g/mol. The third-order valence-corrected chi connectivity index (χ3v) is 12.2. The summed E-state index contributed by atoms with van der Waals surface area (Å²) < 4.78 is 25.2. The number of nitrogens with zero attached hydrogens (tertiary/aromatic N) is 3. The standard InChI is InChI=1S/C46H45N3O4/c1-4-45(5-2)39-27-31(30-47)11-16-35(39)42-37-28-40(49-21-25-52-26-22-49)41(50-3)29-38(37)44-36(43(42)45)17-18-46(53-44,32-9-7-6-8-10-32)33-12-14-34(15-13-33)48-19-23-51-24-20-48/h6-18,27-29H,4-5,19-26H2,1-3H3. The molecule has 1 atom stereocenters. The van der Waals surface area contributed by atoms with Gasteiger partial charge in [0.25, 0.3) is 0 Å². The van der Waals surface area contributed by atoms with E-state index in [9.17, 15) is 5.26 Å². The maximum Gasteiger partial charge on any atom is 0.178 e. The molecule has 0 amide bonds. The zero-order valence-corrected chi connectivity index (χ0v) is 30.8. The van der Waals surface area contributed by atoms with Gasteiger partial charge in [-0.25, -0.2) is 0 Å². The van der Waals surface area contributed by atoms with Crippen LogP contribution in [0.2, 0.25) is 0 Å². The summed E-state index contributed by atoms with van der Waals surface area (Å²) in [5.41, 5.74) is 9.92. The largest absolute Gasteiger partial charge is 0.495 e. The van der Waals surface area contributed by atoms with E-state index in [1.807, 2.05) is 6.07 Å². The number of benzene rings is 5. The molecule has 3 aliphatic heterocycles. The maximum absolute atomic E-state index is 10.0. The third kappa shape index (κ3) is 5.15. The first-order valence-corrected chi connectivity index (χ1v) is 19.0. The van der Waals surface area contributed by atoms with Crippen molar-refractivity contribution in [1.29, 1.82) is 5.26 Å². The van der Waals surface area contributed by atoms with Gasteiger partial charge in [-0.15, -0.1) is 0 Å². The van der Waals surface area contributed by atoms with Crippen molar-refractivity contribution in [2.45, 2.75) is 37.7 Å². The van der Waals surface area contributed by atoms with Crippen LogP contribution >= 0.6 is 0 Å². The Labute approximate surface area is 312 Å². The molecule has 3 heterocycles. The van der Waals surface area contributed by atoms with Crippen molar-refractivity contribution in [1.82, 2.24) is 0 Å². The molecule has 0 aromatic heterocycles. The molecule has 7 heteroatoms. The van der Waals surface area contributed by atoms with E-state index >= 15 is 0 Å². The second-order valence-electron chi connectivity index (χ2n) is 14.5. The molecule has 1 unspecified atom stereocenters. The average molecular weight is 704 g/mol. The zero-order valence-electron chi connectivity index (χ0n) is 30.8. The molecular weight excluding hydrogens is 659 g/mol. The van der Waals surface area contributed by atoms with Crippen LogP contribution in [0.15, 0.2) is 91.0 Å².